The van der Waals surface area contributed by atoms with E-state index in [1.165, 1.54) is 11.1 Å². The maximum Gasteiger partial charge on any atom is 0.225 e. The zero-order chi connectivity index (χ0) is 14.7. The summed E-state index contributed by atoms with van der Waals surface area (Å²) >= 11 is 0. The summed E-state index contributed by atoms with van der Waals surface area (Å²) in [6, 6.07) is 8.69. The quantitative estimate of drug-likeness (QED) is 0.920. The topological polar surface area (TPSA) is 41.6 Å². The van der Waals surface area contributed by atoms with Crippen LogP contribution in [0.25, 0.3) is 0 Å². The van der Waals surface area contributed by atoms with Gasteiger partial charge in [-0.15, -0.1) is 0 Å². The van der Waals surface area contributed by atoms with Crippen LogP contribution in [0.5, 0.6) is 0 Å². The molecule has 1 N–H and O–H groups in total. The van der Waals surface area contributed by atoms with E-state index in [2.05, 4.69) is 23.5 Å². The van der Waals surface area contributed by atoms with Gasteiger partial charge in [0.2, 0.25) is 5.91 Å². The number of nitrogens with one attached hydrogen (secondary N) is 1. The molecule has 3 rings (SSSR count). The molecule has 1 saturated heterocycles. The number of nitrogens with zero attached hydrogens (tertiary/aromatic N) is 1. The van der Waals surface area contributed by atoms with Crippen molar-refractivity contribution in [3.05, 3.63) is 35.4 Å². The number of amides is 1. The molecular weight excluding hydrogens is 264 g/mol. The maximum absolute atomic E-state index is 12.6. The Kier molecular flexibility index (Phi) is 4.56. The monoisotopic (exact) mass is 288 g/mol. The minimum absolute atomic E-state index is 0.0710. The third-order valence-corrected chi connectivity index (χ3v) is 4.59. The highest BCUT2D eigenvalue weighted by Crippen LogP contribution is 2.31. The van der Waals surface area contributed by atoms with Crippen LogP contribution in [-0.2, 0) is 16.0 Å². The second kappa shape index (κ2) is 6.58. The van der Waals surface area contributed by atoms with Crippen LogP contribution in [0, 0.1) is 0 Å². The van der Waals surface area contributed by atoms with Gasteiger partial charge >= 0.3 is 0 Å². The van der Waals surface area contributed by atoms with Crippen LogP contribution >= 0.6 is 0 Å². The molecule has 1 aromatic carbocycles. The van der Waals surface area contributed by atoms with E-state index in [0.717, 1.165) is 39.0 Å². The predicted molar refractivity (Wildman–Crippen MR) is 82.1 cm³/mol. The highest BCUT2D eigenvalue weighted by atomic mass is 16.5. The Bertz CT molecular complexity index is 503. The van der Waals surface area contributed by atoms with Gasteiger partial charge < -0.3 is 15.0 Å². The van der Waals surface area contributed by atoms with Gasteiger partial charge in [0.05, 0.1) is 19.1 Å². The summed E-state index contributed by atoms with van der Waals surface area (Å²) in [6.07, 6.45) is 3.57. The van der Waals surface area contributed by atoms with E-state index < -0.39 is 0 Å². The zero-order valence-corrected chi connectivity index (χ0v) is 12.7. The third kappa shape index (κ3) is 3.11. The molecule has 2 aliphatic rings. The first-order chi connectivity index (χ1) is 10.3. The van der Waals surface area contributed by atoms with E-state index in [-0.39, 0.29) is 12.0 Å². The zero-order valence-electron chi connectivity index (χ0n) is 12.7. The molecule has 0 bridgehead atoms. The van der Waals surface area contributed by atoms with Crippen molar-refractivity contribution < 1.29 is 9.53 Å². The number of carbonyl (C=O) groups excluding carboxylic acids is 1. The SMILES string of the molecule is CNC[C@H]1CCCN1C(=O)C[C@H]1OCCc2ccccc21. The number of carbonyl (C=O) groups is 1. The van der Waals surface area contributed by atoms with Crippen LogP contribution < -0.4 is 5.32 Å². The average Bonchev–Trinajstić information content (AvgIpc) is 2.96. The van der Waals surface area contributed by atoms with E-state index in [1.54, 1.807) is 0 Å². The van der Waals surface area contributed by atoms with Crippen molar-refractivity contribution in [2.45, 2.75) is 37.8 Å². The van der Waals surface area contributed by atoms with Crippen molar-refractivity contribution in [1.82, 2.24) is 10.2 Å². The lowest BCUT2D eigenvalue weighted by Crippen LogP contribution is -2.41. The fourth-order valence-corrected chi connectivity index (χ4v) is 3.53. The lowest BCUT2D eigenvalue weighted by Gasteiger charge is -2.29. The van der Waals surface area contributed by atoms with Gasteiger partial charge in [0.15, 0.2) is 0 Å². The molecule has 0 saturated carbocycles. The van der Waals surface area contributed by atoms with Gasteiger partial charge in [0.25, 0.3) is 0 Å². The van der Waals surface area contributed by atoms with Gasteiger partial charge in [-0.2, -0.15) is 0 Å². The predicted octanol–water partition coefficient (Wildman–Crippen LogP) is 1.90. The van der Waals surface area contributed by atoms with Crippen molar-refractivity contribution in [3.8, 4) is 0 Å². The van der Waals surface area contributed by atoms with Crippen LogP contribution in [0.3, 0.4) is 0 Å². The van der Waals surface area contributed by atoms with E-state index in [1.807, 2.05) is 18.0 Å². The Morgan fingerprint density at radius 1 is 1.43 bits per heavy atom. The molecule has 1 fully saturated rings. The van der Waals surface area contributed by atoms with E-state index in [9.17, 15) is 4.79 Å². The first kappa shape index (κ1) is 14.5. The van der Waals surface area contributed by atoms with Crippen LogP contribution in [0.4, 0.5) is 0 Å². The molecule has 4 nitrogen and oxygen atoms in total. The third-order valence-electron chi connectivity index (χ3n) is 4.59. The second-order valence-electron chi connectivity index (χ2n) is 5.95. The number of likely N-dealkylation sites (tertiary alicyclic amines) is 1. The van der Waals surface area contributed by atoms with Gasteiger partial charge in [0, 0.05) is 19.1 Å². The van der Waals surface area contributed by atoms with Crippen LogP contribution in [-0.4, -0.2) is 43.6 Å². The average molecular weight is 288 g/mol. The summed E-state index contributed by atoms with van der Waals surface area (Å²) in [5.41, 5.74) is 2.52. The van der Waals surface area contributed by atoms with Crippen molar-refractivity contribution in [1.29, 1.82) is 0 Å². The molecule has 0 spiro atoms. The fraction of sp³-hybridized carbons (Fsp3) is 0.588. The molecule has 4 heteroatoms. The molecule has 1 aromatic rings. The molecule has 1 amide bonds. The Morgan fingerprint density at radius 2 is 2.29 bits per heavy atom. The summed E-state index contributed by atoms with van der Waals surface area (Å²) < 4.78 is 5.87. The van der Waals surface area contributed by atoms with Gasteiger partial charge in [-0.1, -0.05) is 24.3 Å². The highest BCUT2D eigenvalue weighted by Gasteiger charge is 2.31. The second-order valence-corrected chi connectivity index (χ2v) is 5.95. The summed E-state index contributed by atoms with van der Waals surface area (Å²) in [7, 11) is 1.95. The lowest BCUT2D eigenvalue weighted by molar-refractivity contribution is -0.135. The van der Waals surface area contributed by atoms with Gasteiger partial charge in [0.1, 0.15) is 0 Å². The summed E-state index contributed by atoms with van der Waals surface area (Å²) in [4.78, 5) is 14.7. The lowest BCUT2D eigenvalue weighted by atomic mass is 9.95. The first-order valence-electron chi connectivity index (χ1n) is 7.93. The van der Waals surface area contributed by atoms with Crippen molar-refractivity contribution in [2.75, 3.05) is 26.7 Å². The minimum atomic E-state index is -0.0710. The van der Waals surface area contributed by atoms with Crippen molar-refractivity contribution in [3.63, 3.8) is 0 Å². The molecule has 0 aromatic heterocycles. The van der Waals surface area contributed by atoms with Crippen molar-refractivity contribution >= 4 is 5.91 Å². The maximum atomic E-state index is 12.6. The van der Waals surface area contributed by atoms with Crippen LogP contribution in [0.1, 0.15) is 36.5 Å². The smallest absolute Gasteiger partial charge is 0.225 e. The number of hydrogen-bond donors (Lipinski definition) is 1. The summed E-state index contributed by atoms with van der Waals surface area (Å²) in [6.45, 7) is 2.49. The molecule has 114 valence electrons. The fourth-order valence-electron chi connectivity index (χ4n) is 3.53. The highest BCUT2D eigenvalue weighted by molar-refractivity contribution is 5.77. The summed E-state index contributed by atoms with van der Waals surface area (Å²) in [5, 5.41) is 3.19. The molecule has 2 atom stereocenters. The van der Waals surface area contributed by atoms with Crippen LogP contribution in [0.15, 0.2) is 24.3 Å². The molecule has 0 aliphatic carbocycles. The van der Waals surface area contributed by atoms with Crippen LogP contribution in [0.2, 0.25) is 0 Å². The molecule has 2 aliphatic heterocycles. The number of hydrogen-bond acceptors (Lipinski definition) is 3. The van der Waals surface area contributed by atoms with E-state index >= 15 is 0 Å². The standard InChI is InChI=1S/C17H24N2O2/c1-18-12-14-6-4-9-19(14)17(20)11-16-15-7-3-2-5-13(15)8-10-21-16/h2-3,5,7,14,16,18H,4,6,8-12H2,1H3/t14-,16-/m1/s1. The normalized spacial score (nSPS) is 24.9. The Hall–Kier alpha value is -1.39. The Labute approximate surface area is 126 Å². The molecule has 21 heavy (non-hydrogen) atoms. The van der Waals surface area contributed by atoms with Gasteiger partial charge in [-0.05, 0) is 37.4 Å². The largest absolute Gasteiger partial charge is 0.373 e. The minimum Gasteiger partial charge on any atom is -0.373 e. The molecule has 0 radical (unpaired) electrons. The number of benzene rings is 1. The Morgan fingerprint density at radius 3 is 3.14 bits per heavy atom. The van der Waals surface area contributed by atoms with E-state index in [4.69, 9.17) is 4.74 Å². The Balaban J connectivity index is 1.68. The number of likely N-dealkylation sites (N-methyl/N-ethyl adjacent to an activating group) is 1. The number of fused-ring (bicyclic) bond motifs is 1. The summed E-state index contributed by atoms with van der Waals surface area (Å²) in [5.74, 6) is 0.231. The molecule has 0 unspecified atom stereocenters. The number of ether oxygens (including phenoxy) is 1. The van der Waals surface area contributed by atoms with Gasteiger partial charge in [-0.25, -0.2) is 0 Å². The van der Waals surface area contributed by atoms with Gasteiger partial charge in [-0.3, -0.25) is 4.79 Å². The number of rotatable bonds is 4. The molecular formula is C17H24N2O2. The van der Waals surface area contributed by atoms with E-state index in [0.29, 0.717) is 12.5 Å². The first-order valence-corrected chi connectivity index (χ1v) is 7.93. The molecule has 2 heterocycles. The van der Waals surface area contributed by atoms with Crippen molar-refractivity contribution in [2.24, 2.45) is 0 Å².